The molecule has 2 rings (SSSR count). The molecular formula is C12H21NO2. The van der Waals surface area contributed by atoms with Gasteiger partial charge in [-0.3, -0.25) is 4.79 Å². The molecule has 0 bridgehead atoms. The van der Waals surface area contributed by atoms with E-state index in [1.807, 2.05) is 0 Å². The van der Waals surface area contributed by atoms with Gasteiger partial charge in [-0.15, -0.1) is 0 Å². The summed E-state index contributed by atoms with van der Waals surface area (Å²) in [7, 11) is 2.09. The number of hydrogen-bond acceptors (Lipinski definition) is 2. The Kier molecular flexibility index (Phi) is 3.01. The molecule has 0 heterocycles. The standard InChI is InChI=1S/C12H21NO2/c1-13(10-5-4-6-10)9-12(11(14)15)7-2-3-8-12/h10H,2-9H2,1H3,(H,14,15). The first-order valence-corrected chi connectivity index (χ1v) is 6.08. The van der Waals surface area contributed by atoms with E-state index in [-0.39, 0.29) is 0 Å². The normalized spacial score (nSPS) is 25.5. The minimum Gasteiger partial charge on any atom is -0.481 e. The summed E-state index contributed by atoms with van der Waals surface area (Å²) in [5.41, 5.74) is -0.426. The largest absolute Gasteiger partial charge is 0.481 e. The van der Waals surface area contributed by atoms with E-state index in [0.29, 0.717) is 6.04 Å². The Morgan fingerprint density at radius 3 is 2.33 bits per heavy atom. The van der Waals surface area contributed by atoms with Crippen molar-refractivity contribution in [3.63, 3.8) is 0 Å². The average Bonchev–Trinajstić information content (AvgIpc) is 2.50. The fraction of sp³-hybridized carbons (Fsp3) is 0.917. The third-order valence-corrected chi connectivity index (χ3v) is 4.26. The number of hydrogen-bond donors (Lipinski definition) is 1. The number of carboxylic acid groups (broad SMARTS) is 1. The van der Waals surface area contributed by atoms with Crippen LogP contribution in [0.25, 0.3) is 0 Å². The van der Waals surface area contributed by atoms with Crippen LogP contribution in [0.3, 0.4) is 0 Å². The van der Waals surface area contributed by atoms with Crippen LogP contribution in [0.15, 0.2) is 0 Å². The van der Waals surface area contributed by atoms with Gasteiger partial charge in [-0.2, -0.15) is 0 Å². The van der Waals surface area contributed by atoms with Gasteiger partial charge in [0.2, 0.25) is 0 Å². The van der Waals surface area contributed by atoms with Crippen LogP contribution < -0.4 is 0 Å². The second-order valence-corrected chi connectivity index (χ2v) is 5.29. The van der Waals surface area contributed by atoms with Crippen LogP contribution in [0.2, 0.25) is 0 Å². The van der Waals surface area contributed by atoms with Crippen LogP contribution in [-0.4, -0.2) is 35.6 Å². The minimum atomic E-state index is -0.578. The van der Waals surface area contributed by atoms with Gasteiger partial charge in [-0.05, 0) is 32.7 Å². The highest BCUT2D eigenvalue weighted by atomic mass is 16.4. The molecule has 0 spiro atoms. The monoisotopic (exact) mass is 211 g/mol. The highest BCUT2D eigenvalue weighted by Crippen LogP contribution is 2.40. The molecule has 0 unspecified atom stereocenters. The Morgan fingerprint density at radius 2 is 1.93 bits per heavy atom. The smallest absolute Gasteiger partial charge is 0.310 e. The highest BCUT2D eigenvalue weighted by Gasteiger charge is 2.43. The van der Waals surface area contributed by atoms with Crippen molar-refractivity contribution in [2.75, 3.05) is 13.6 Å². The first kappa shape index (κ1) is 10.9. The fourth-order valence-corrected chi connectivity index (χ4v) is 2.93. The summed E-state index contributed by atoms with van der Waals surface area (Å²) >= 11 is 0. The molecule has 0 aromatic heterocycles. The summed E-state index contributed by atoms with van der Waals surface area (Å²) in [6, 6.07) is 0.654. The average molecular weight is 211 g/mol. The van der Waals surface area contributed by atoms with E-state index in [1.54, 1.807) is 0 Å². The van der Waals surface area contributed by atoms with Crippen LogP contribution in [0.5, 0.6) is 0 Å². The molecule has 1 N–H and O–H groups in total. The molecule has 0 radical (unpaired) electrons. The third-order valence-electron chi connectivity index (χ3n) is 4.26. The lowest BCUT2D eigenvalue weighted by Gasteiger charge is -2.39. The molecule has 0 aromatic rings. The third kappa shape index (κ3) is 2.03. The summed E-state index contributed by atoms with van der Waals surface area (Å²) in [6.45, 7) is 0.757. The van der Waals surface area contributed by atoms with Crippen molar-refractivity contribution in [1.82, 2.24) is 4.90 Å². The van der Waals surface area contributed by atoms with Crippen molar-refractivity contribution < 1.29 is 9.90 Å². The minimum absolute atomic E-state index is 0.426. The molecule has 15 heavy (non-hydrogen) atoms. The predicted octanol–water partition coefficient (Wildman–Crippen LogP) is 2.12. The molecular weight excluding hydrogens is 190 g/mol. The molecule has 3 heteroatoms. The number of carboxylic acids is 1. The van der Waals surface area contributed by atoms with Crippen molar-refractivity contribution in [3.05, 3.63) is 0 Å². The lowest BCUT2D eigenvalue weighted by molar-refractivity contribution is -0.150. The Bertz CT molecular complexity index is 242. The van der Waals surface area contributed by atoms with Crippen molar-refractivity contribution in [2.45, 2.75) is 51.0 Å². The first-order chi connectivity index (χ1) is 7.14. The highest BCUT2D eigenvalue weighted by molar-refractivity contribution is 5.75. The maximum Gasteiger partial charge on any atom is 0.310 e. The molecule has 0 amide bonds. The Hall–Kier alpha value is -0.570. The van der Waals surface area contributed by atoms with Crippen molar-refractivity contribution >= 4 is 5.97 Å². The van der Waals surface area contributed by atoms with Gasteiger partial charge in [-0.1, -0.05) is 19.3 Å². The van der Waals surface area contributed by atoms with Gasteiger partial charge >= 0.3 is 5.97 Å². The van der Waals surface area contributed by atoms with Gasteiger partial charge in [0.1, 0.15) is 0 Å². The summed E-state index contributed by atoms with van der Waals surface area (Å²) in [5, 5.41) is 9.36. The van der Waals surface area contributed by atoms with Gasteiger partial charge in [0.25, 0.3) is 0 Å². The Morgan fingerprint density at radius 1 is 1.33 bits per heavy atom. The topological polar surface area (TPSA) is 40.5 Å². The maximum absolute atomic E-state index is 11.4. The molecule has 0 atom stereocenters. The quantitative estimate of drug-likeness (QED) is 0.774. The summed E-state index contributed by atoms with van der Waals surface area (Å²) in [4.78, 5) is 13.6. The zero-order valence-corrected chi connectivity index (χ0v) is 9.54. The zero-order valence-electron chi connectivity index (χ0n) is 9.54. The van der Waals surface area contributed by atoms with E-state index < -0.39 is 11.4 Å². The van der Waals surface area contributed by atoms with Crippen molar-refractivity contribution in [2.24, 2.45) is 5.41 Å². The number of rotatable bonds is 4. The van der Waals surface area contributed by atoms with Crippen molar-refractivity contribution in [3.8, 4) is 0 Å². The maximum atomic E-state index is 11.4. The number of aliphatic carboxylic acids is 1. The summed E-state index contributed by atoms with van der Waals surface area (Å²) < 4.78 is 0. The van der Waals surface area contributed by atoms with Gasteiger partial charge in [0.15, 0.2) is 0 Å². The van der Waals surface area contributed by atoms with E-state index in [4.69, 9.17) is 0 Å². The SMILES string of the molecule is CN(CC1(C(=O)O)CCCC1)C1CCC1. The molecule has 86 valence electrons. The Balaban J connectivity index is 1.96. The van der Waals surface area contributed by atoms with Crippen LogP contribution in [0, 0.1) is 5.41 Å². The lowest BCUT2D eigenvalue weighted by Crippen LogP contribution is -2.46. The molecule has 2 fully saturated rings. The summed E-state index contributed by atoms with van der Waals surface area (Å²) in [5.74, 6) is -0.578. The molecule has 0 saturated heterocycles. The Labute approximate surface area is 91.5 Å². The van der Waals surface area contributed by atoms with E-state index in [1.165, 1.54) is 19.3 Å². The molecule has 2 saturated carbocycles. The van der Waals surface area contributed by atoms with E-state index in [2.05, 4.69) is 11.9 Å². The molecule has 2 aliphatic rings. The zero-order chi connectivity index (χ0) is 10.9. The molecule has 2 aliphatic carbocycles. The van der Waals surface area contributed by atoms with Crippen LogP contribution in [0.1, 0.15) is 44.9 Å². The van der Waals surface area contributed by atoms with Gasteiger partial charge in [0, 0.05) is 12.6 Å². The molecule has 0 aromatic carbocycles. The van der Waals surface area contributed by atoms with Crippen LogP contribution >= 0.6 is 0 Å². The van der Waals surface area contributed by atoms with Gasteiger partial charge in [-0.25, -0.2) is 0 Å². The van der Waals surface area contributed by atoms with E-state index >= 15 is 0 Å². The molecule has 3 nitrogen and oxygen atoms in total. The van der Waals surface area contributed by atoms with E-state index in [9.17, 15) is 9.90 Å². The molecule has 0 aliphatic heterocycles. The fourth-order valence-electron chi connectivity index (χ4n) is 2.93. The van der Waals surface area contributed by atoms with Gasteiger partial charge in [0.05, 0.1) is 5.41 Å². The van der Waals surface area contributed by atoms with Crippen molar-refractivity contribution in [1.29, 1.82) is 0 Å². The van der Waals surface area contributed by atoms with Crippen LogP contribution in [-0.2, 0) is 4.79 Å². The predicted molar refractivity (Wildman–Crippen MR) is 58.8 cm³/mol. The van der Waals surface area contributed by atoms with Gasteiger partial charge < -0.3 is 10.0 Å². The second kappa shape index (κ2) is 4.12. The van der Waals surface area contributed by atoms with Crippen LogP contribution in [0.4, 0.5) is 0 Å². The number of nitrogens with zero attached hydrogens (tertiary/aromatic N) is 1. The van der Waals surface area contributed by atoms with E-state index in [0.717, 1.165) is 32.2 Å². The second-order valence-electron chi connectivity index (χ2n) is 5.29. The lowest BCUT2D eigenvalue weighted by atomic mass is 9.83. The summed E-state index contributed by atoms with van der Waals surface area (Å²) in [6.07, 6.45) is 7.75. The first-order valence-electron chi connectivity index (χ1n) is 6.08. The number of carbonyl (C=O) groups is 1.